The second kappa shape index (κ2) is 13.1. The van der Waals surface area contributed by atoms with Crippen molar-refractivity contribution in [2.24, 2.45) is 16.5 Å². The lowest BCUT2D eigenvalue weighted by Crippen LogP contribution is -2.65. The molecule has 1 aliphatic heterocycles. The first-order valence-electron chi connectivity index (χ1n) is 15.8. The molecule has 0 amide bonds. The van der Waals surface area contributed by atoms with Crippen LogP contribution in [0.2, 0.25) is 0 Å². The van der Waals surface area contributed by atoms with Crippen molar-refractivity contribution < 1.29 is 44.6 Å². The number of aliphatic hydroxyl groups is 4. The van der Waals surface area contributed by atoms with E-state index in [-0.39, 0.29) is 52.5 Å². The number of phenolic OH excluding ortho intramolecular Hbond substituents is 1. The molecule has 0 aromatic heterocycles. The summed E-state index contributed by atoms with van der Waals surface area (Å²) in [5, 5.41) is 56.0. The molecule has 3 aliphatic rings. The smallest absolute Gasteiger partial charge is 0.229 e. The van der Waals surface area contributed by atoms with E-state index in [0.717, 1.165) is 12.0 Å². The fraction of sp³-hybridized carbons (Fsp3) is 0.400. The first-order valence-corrected chi connectivity index (χ1v) is 15.8. The maximum Gasteiger partial charge on any atom is 0.229 e. The molecule has 5 atom stereocenters. The third-order valence-corrected chi connectivity index (χ3v) is 9.49. The third-order valence-electron chi connectivity index (χ3n) is 9.49. The molecule has 12 heteroatoms. The molecule has 248 valence electrons. The van der Waals surface area contributed by atoms with Gasteiger partial charge in [0.05, 0.1) is 17.7 Å². The third kappa shape index (κ3) is 5.99. The molecular formula is C35H39N3O9. The van der Waals surface area contributed by atoms with Crippen molar-refractivity contribution in [2.75, 3.05) is 0 Å². The predicted octanol–water partition coefficient (Wildman–Crippen LogP) is 1.61. The van der Waals surface area contributed by atoms with Gasteiger partial charge in [-0.15, -0.1) is 0 Å². The number of guanidine groups is 1. The average molecular weight is 646 g/mol. The molecule has 0 radical (unpaired) electrons. The number of ketones is 2. The Kier molecular flexibility index (Phi) is 9.05. The molecule has 0 spiro atoms. The Balaban J connectivity index is 1.51. The number of carbonyl (C=O) groups excluding carboxylic acids is 2. The van der Waals surface area contributed by atoms with Crippen LogP contribution in [0.4, 0.5) is 0 Å². The van der Waals surface area contributed by atoms with Gasteiger partial charge in [-0.2, -0.15) is 0 Å². The van der Waals surface area contributed by atoms with Gasteiger partial charge in [0.1, 0.15) is 24.4 Å². The van der Waals surface area contributed by atoms with Crippen LogP contribution in [0.15, 0.2) is 59.6 Å². The number of ether oxygens (including phenoxy) is 2. The fourth-order valence-electron chi connectivity index (χ4n) is 7.04. The maximum atomic E-state index is 14.1. The lowest BCUT2D eigenvalue weighted by Gasteiger charge is -2.48. The average Bonchev–Trinajstić information content (AvgIpc) is 3.07. The number of fused-ring (bicyclic) bond motifs is 2. The Labute approximate surface area is 271 Å². The first kappa shape index (κ1) is 32.6. The van der Waals surface area contributed by atoms with Crippen LogP contribution in [-0.4, -0.2) is 79.4 Å². The SMILES string of the molecule is NC(N)=NCc1c(CCc2ccccc2)c2c(c(O)c1OC1OC(C3(O)CCCCC3)C(O)C(O)C1O)C(=O)c1ccccc1C2=O. The maximum absolute atomic E-state index is 14.1. The first-order chi connectivity index (χ1) is 22.5. The van der Waals surface area contributed by atoms with Crippen molar-refractivity contribution in [3.63, 3.8) is 0 Å². The number of phenols is 1. The molecule has 1 heterocycles. The number of benzene rings is 3. The van der Waals surface area contributed by atoms with Crippen LogP contribution in [0.25, 0.3) is 0 Å². The van der Waals surface area contributed by atoms with E-state index in [1.807, 2.05) is 30.3 Å². The number of hydrogen-bond acceptors (Lipinski definition) is 10. The normalized spacial score (nSPS) is 25.1. The number of nitrogens with two attached hydrogens (primary N) is 2. The highest BCUT2D eigenvalue weighted by Gasteiger charge is 2.54. The van der Waals surface area contributed by atoms with Crippen LogP contribution < -0.4 is 16.2 Å². The zero-order valence-corrected chi connectivity index (χ0v) is 25.7. The van der Waals surface area contributed by atoms with Gasteiger partial charge in [-0.1, -0.05) is 73.9 Å². The second-order valence-electron chi connectivity index (χ2n) is 12.5. The van der Waals surface area contributed by atoms with Gasteiger partial charge in [-0.3, -0.25) is 9.59 Å². The van der Waals surface area contributed by atoms with Gasteiger partial charge >= 0.3 is 0 Å². The van der Waals surface area contributed by atoms with E-state index in [1.54, 1.807) is 18.2 Å². The Hall–Kier alpha value is -4.33. The molecular weight excluding hydrogens is 606 g/mol. The van der Waals surface area contributed by atoms with Crippen LogP contribution in [0.1, 0.15) is 80.6 Å². The summed E-state index contributed by atoms with van der Waals surface area (Å²) < 4.78 is 12.2. The number of hydrogen-bond donors (Lipinski definition) is 7. The Bertz CT molecular complexity index is 1700. The lowest BCUT2D eigenvalue weighted by atomic mass is 9.76. The van der Waals surface area contributed by atoms with Crippen molar-refractivity contribution in [3.8, 4) is 11.5 Å². The molecule has 12 nitrogen and oxygen atoms in total. The molecule has 6 rings (SSSR count). The van der Waals surface area contributed by atoms with Gasteiger partial charge < -0.3 is 46.5 Å². The minimum absolute atomic E-state index is 0.00904. The Morgan fingerprint density at radius 3 is 2.09 bits per heavy atom. The summed E-state index contributed by atoms with van der Waals surface area (Å²) in [5.41, 5.74) is 11.3. The number of carbonyl (C=O) groups is 2. The van der Waals surface area contributed by atoms with E-state index in [4.69, 9.17) is 20.9 Å². The highest BCUT2D eigenvalue weighted by atomic mass is 16.7. The Morgan fingerprint density at radius 2 is 1.45 bits per heavy atom. The molecule has 1 saturated heterocycles. The zero-order valence-electron chi connectivity index (χ0n) is 25.7. The number of aliphatic imine (C=N–C) groups is 1. The second-order valence-corrected chi connectivity index (χ2v) is 12.5. The molecule has 9 N–H and O–H groups in total. The van der Waals surface area contributed by atoms with Gasteiger partial charge in [-0.25, -0.2) is 4.99 Å². The topological polar surface area (TPSA) is 218 Å². The van der Waals surface area contributed by atoms with E-state index in [2.05, 4.69) is 4.99 Å². The quantitative estimate of drug-likeness (QED) is 0.108. The van der Waals surface area contributed by atoms with Crippen LogP contribution in [0, 0.1) is 0 Å². The molecule has 5 unspecified atom stereocenters. The highest BCUT2D eigenvalue weighted by molar-refractivity contribution is 6.30. The summed E-state index contributed by atoms with van der Waals surface area (Å²) in [7, 11) is 0. The minimum atomic E-state index is -1.83. The van der Waals surface area contributed by atoms with Crippen molar-refractivity contribution >= 4 is 17.5 Å². The van der Waals surface area contributed by atoms with E-state index in [0.29, 0.717) is 37.7 Å². The number of aryl methyl sites for hydroxylation is 1. The predicted molar refractivity (Wildman–Crippen MR) is 170 cm³/mol. The number of nitrogens with zero attached hydrogens (tertiary/aromatic N) is 1. The van der Waals surface area contributed by atoms with Crippen molar-refractivity contribution in [2.45, 2.75) is 87.8 Å². The summed E-state index contributed by atoms with van der Waals surface area (Å²) in [6.45, 7) is -0.285. The van der Waals surface area contributed by atoms with Gasteiger partial charge in [0.2, 0.25) is 6.29 Å². The molecule has 3 aromatic carbocycles. The van der Waals surface area contributed by atoms with E-state index in [1.165, 1.54) is 6.07 Å². The molecule has 3 aromatic rings. The van der Waals surface area contributed by atoms with E-state index >= 15 is 0 Å². The van der Waals surface area contributed by atoms with Crippen molar-refractivity contribution in [1.29, 1.82) is 0 Å². The van der Waals surface area contributed by atoms with Gasteiger partial charge in [0.15, 0.2) is 29.0 Å². The summed E-state index contributed by atoms with van der Waals surface area (Å²) in [5.74, 6) is -2.40. The minimum Gasteiger partial charge on any atom is -0.504 e. The standard InChI is InChI=1S/C35H39N3O9/c36-34(37)38-17-22-19(14-13-18-9-3-1-4-10-18)23-24(26(40)21-12-6-5-11-20(21)25(23)39)27(41)31(22)46-33-30(44)28(42)29(43)32(47-33)35(45)15-7-2-8-16-35/h1,3-6,9-12,28-30,32-33,41-45H,2,7-8,13-17H2,(H4,36,37,38). The molecule has 0 bridgehead atoms. The van der Waals surface area contributed by atoms with Crippen molar-refractivity contribution in [1.82, 2.24) is 0 Å². The van der Waals surface area contributed by atoms with Gasteiger partial charge in [0.25, 0.3) is 0 Å². The highest BCUT2D eigenvalue weighted by Crippen LogP contribution is 2.46. The number of rotatable bonds is 8. The van der Waals surface area contributed by atoms with Gasteiger partial charge in [-0.05, 0) is 36.8 Å². The summed E-state index contributed by atoms with van der Waals surface area (Å²) in [4.78, 5) is 32.2. The lowest BCUT2D eigenvalue weighted by molar-refractivity contribution is -0.308. The summed E-state index contributed by atoms with van der Waals surface area (Å²) >= 11 is 0. The number of aliphatic hydroxyl groups excluding tert-OH is 3. The summed E-state index contributed by atoms with van der Waals surface area (Å²) in [6.07, 6.45) is -4.84. The molecule has 47 heavy (non-hydrogen) atoms. The molecule has 1 saturated carbocycles. The number of aromatic hydroxyl groups is 1. The van der Waals surface area contributed by atoms with E-state index < -0.39 is 53.6 Å². The molecule has 2 fully saturated rings. The van der Waals surface area contributed by atoms with Crippen LogP contribution in [0.3, 0.4) is 0 Å². The molecule has 2 aliphatic carbocycles. The summed E-state index contributed by atoms with van der Waals surface area (Å²) in [6, 6.07) is 15.8. The van der Waals surface area contributed by atoms with Crippen LogP contribution in [-0.2, 0) is 24.1 Å². The monoisotopic (exact) mass is 645 g/mol. The van der Waals surface area contributed by atoms with Crippen LogP contribution >= 0.6 is 0 Å². The van der Waals surface area contributed by atoms with Gasteiger partial charge in [0, 0.05) is 22.3 Å². The van der Waals surface area contributed by atoms with Crippen molar-refractivity contribution in [3.05, 3.63) is 93.5 Å². The fourth-order valence-corrected chi connectivity index (χ4v) is 7.04. The Morgan fingerprint density at radius 1 is 0.830 bits per heavy atom. The largest absolute Gasteiger partial charge is 0.504 e. The van der Waals surface area contributed by atoms with Crippen LogP contribution in [0.5, 0.6) is 11.5 Å². The zero-order chi connectivity index (χ0) is 33.5. The van der Waals surface area contributed by atoms with E-state index in [9.17, 15) is 35.1 Å².